The van der Waals surface area contributed by atoms with E-state index in [1.54, 1.807) is 6.07 Å². The van der Waals surface area contributed by atoms with Crippen molar-refractivity contribution < 1.29 is 14.6 Å². The van der Waals surface area contributed by atoms with Crippen LogP contribution in [0, 0.1) is 24.2 Å². The Kier molecular flexibility index (Phi) is 4.11. The van der Waals surface area contributed by atoms with Gasteiger partial charge in [-0.05, 0) is 61.3 Å². The van der Waals surface area contributed by atoms with E-state index in [9.17, 15) is 10.2 Å². The minimum Gasteiger partial charge on any atom is -0.504 e. The Balaban J connectivity index is 2.08. The van der Waals surface area contributed by atoms with Gasteiger partial charge in [0.15, 0.2) is 11.5 Å². The van der Waals surface area contributed by atoms with E-state index in [4.69, 9.17) is 4.42 Å². The third-order valence-electron chi connectivity index (χ3n) is 7.90. The first-order chi connectivity index (χ1) is 12.6. The Morgan fingerprint density at radius 3 is 2.48 bits per heavy atom. The van der Waals surface area contributed by atoms with E-state index in [0.29, 0.717) is 28.7 Å². The minimum absolute atomic E-state index is 0.0378. The number of phenolic OH excluding ortho intramolecular Hbond substituents is 2. The van der Waals surface area contributed by atoms with Crippen molar-refractivity contribution in [2.24, 2.45) is 17.3 Å². The highest BCUT2D eigenvalue weighted by Crippen LogP contribution is 2.60. The van der Waals surface area contributed by atoms with E-state index >= 15 is 0 Å². The molecule has 27 heavy (non-hydrogen) atoms. The summed E-state index contributed by atoms with van der Waals surface area (Å²) in [6, 6.07) is 1.74. The summed E-state index contributed by atoms with van der Waals surface area (Å²) in [5.41, 5.74) is 3.06. The van der Waals surface area contributed by atoms with Crippen LogP contribution in [0.2, 0.25) is 0 Å². The molecule has 1 aromatic heterocycles. The average molecular weight is 371 g/mol. The summed E-state index contributed by atoms with van der Waals surface area (Å²) in [6.07, 6.45) is 6.03. The second-order valence-corrected chi connectivity index (χ2v) is 10.3. The molecule has 0 radical (unpaired) electrons. The van der Waals surface area contributed by atoms with Crippen LogP contribution in [0.1, 0.15) is 89.5 Å². The van der Waals surface area contributed by atoms with Crippen LogP contribution in [0.3, 0.4) is 0 Å². The fraction of sp³-hybridized carbons (Fsp3) is 0.667. The molecule has 0 amide bonds. The summed E-state index contributed by atoms with van der Waals surface area (Å²) in [5.74, 6) is 2.49. The van der Waals surface area contributed by atoms with Gasteiger partial charge in [-0.25, -0.2) is 0 Å². The number of phenols is 2. The summed E-state index contributed by atoms with van der Waals surface area (Å²) in [7, 11) is 0. The van der Waals surface area contributed by atoms with Crippen LogP contribution in [-0.2, 0) is 5.41 Å². The predicted octanol–water partition coefficient (Wildman–Crippen LogP) is 6.77. The van der Waals surface area contributed by atoms with Crippen LogP contribution in [0.4, 0.5) is 0 Å². The molecule has 1 heterocycles. The number of hydrogen-bond acceptors (Lipinski definition) is 3. The first kappa shape index (κ1) is 18.7. The van der Waals surface area contributed by atoms with Crippen molar-refractivity contribution in [1.82, 2.24) is 0 Å². The smallest absolute Gasteiger partial charge is 0.164 e. The molecule has 0 bridgehead atoms. The number of aromatic hydroxyl groups is 2. The molecule has 1 unspecified atom stereocenters. The van der Waals surface area contributed by atoms with Crippen LogP contribution in [0.5, 0.6) is 11.5 Å². The lowest BCUT2D eigenvalue weighted by Gasteiger charge is -2.50. The maximum atomic E-state index is 10.4. The Morgan fingerprint density at radius 2 is 1.81 bits per heavy atom. The number of benzene rings is 1. The molecule has 1 aromatic carbocycles. The summed E-state index contributed by atoms with van der Waals surface area (Å²) >= 11 is 0. The molecular formula is C24H34O3. The maximum Gasteiger partial charge on any atom is 0.164 e. The molecule has 2 N–H and O–H groups in total. The standard InChI is InChI=1S/C24H34O3/c1-13(2)15-8-9-18-23(4,5)10-7-11-24(18,6)19-16-12-17(25)20(26)14(3)21(16)27-22(15)19/h12-13,15,18,25-26H,7-11H2,1-6H3/t15?,18-,24-/m1/s1. The lowest BCUT2D eigenvalue weighted by atomic mass is 9.53. The van der Waals surface area contributed by atoms with Crippen molar-refractivity contribution in [2.45, 2.75) is 85.0 Å². The molecule has 3 heteroatoms. The summed E-state index contributed by atoms with van der Waals surface area (Å²) in [4.78, 5) is 0. The molecule has 148 valence electrons. The Hall–Kier alpha value is -1.64. The van der Waals surface area contributed by atoms with Crippen molar-refractivity contribution in [1.29, 1.82) is 0 Å². The van der Waals surface area contributed by atoms with Gasteiger partial charge in [0.2, 0.25) is 0 Å². The second kappa shape index (κ2) is 5.93. The van der Waals surface area contributed by atoms with Crippen LogP contribution in [-0.4, -0.2) is 10.2 Å². The molecule has 2 aromatic rings. The average Bonchev–Trinajstić information content (AvgIpc) is 2.88. The fourth-order valence-corrected chi connectivity index (χ4v) is 6.48. The zero-order valence-electron chi connectivity index (χ0n) is 17.6. The number of hydrogen-bond donors (Lipinski definition) is 2. The topological polar surface area (TPSA) is 53.6 Å². The Labute approximate surface area is 162 Å². The van der Waals surface area contributed by atoms with E-state index in [1.807, 2.05) is 6.92 Å². The van der Waals surface area contributed by atoms with Gasteiger partial charge in [-0.2, -0.15) is 0 Å². The fourth-order valence-electron chi connectivity index (χ4n) is 6.48. The molecule has 2 aliphatic rings. The van der Waals surface area contributed by atoms with Gasteiger partial charge < -0.3 is 14.6 Å². The number of furan rings is 1. The molecule has 0 aliphatic heterocycles. The van der Waals surface area contributed by atoms with Crippen molar-refractivity contribution in [2.75, 3.05) is 0 Å². The van der Waals surface area contributed by atoms with Gasteiger partial charge in [-0.3, -0.25) is 0 Å². The van der Waals surface area contributed by atoms with Gasteiger partial charge in [0.1, 0.15) is 11.3 Å². The lowest BCUT2D eigenvalue weighted by Crippen LogP contribution is -2.44. The van der Waals surface area contributed by atoms with Gasteiger partial charge in [0, 0.05) is 22.4 Å². The number of rotatable bonds is 1. The molecule has 2 aliphatic carbocycles. The van der Waals surface area contributed by atoms with Crippen molar-refractivity contribution in [3.8, 4) is 11.5 Å². The van der Waals surface area contributed by atoms with E-state index in [0.717, 1.165) is 29.6 Å². The van der Waals surface area contributed by atoms with E-state index in [1.165, 1.54) is 24.8 Å². The lowest BCUT2D eigenvalue weighted by molar-refractivity contribution is 0.0498. The quantitative estimate of drug-likeness (QED) is 0.545. The third kappa shape index (κ3) is 2.53. The monoisotopic (exact) mass is 370 g/mol. The zero-order chi connectivity index (χ0) is 19.7. The first-order valence-corrected chi connectivity index (χ1v) is 10.6. The predicted molar refractivity (Wildman–Crippen MR) is 110 cm³/mol. The first-order valence-electron chi connectivity index (χ1n) is 10.6. The SMILES string of the molecule is Cc1c(O)c(O)cc2c3c(oc12)C(C(C)C)CC[C@@H]1C(C)(C)CCC[C@@]31C. The summed E-state index contributed by atoms with van der Waals surface area (Å²) < 4.78 is 6.52. The van der Waals surface area contributed by atoms with Crippen LogP contribution in [0.25, 0.3) is 11.0 Å². The molecule has 1 fully saturated rings. The van der Waals surface area contributed by atoms with E-state index < -0.39 is 0 Å². The van der Waals surface area contributed by atoms with Gasteiger partial charge >= 0.3 is 0 Å². The molecule has 3 atom stereocenters. The normalized spacial score (nSPS) is 30.2. The highest BCUT2D eigenvalue weighted by atomic mass is 16.3. The van der Waals surface area contributed by atoms with Crippen LogP contribution in [0.15, 0.2) is 10.5 Å². The highest BCUT2D eigenvalue weighted by Gasteiger charge is 2.52. The second-order valence-electron chi connectivity index (χ2n) is 10.3. The molecule has 3 nitrogen and oxygen atoms in total. The molecule has 0 spiro atoms. The van der Waals surface area contributed by atoms with Gasteiger partial charge in [0.05, 0.1) is 0 Å². The molecular weight excluding hydrogens is 336 g/mol. The van der Waals surface area contributed by atoms with E-state index in [2.05, 4.69) is 34.6 Å². The third-order valence-corrected chi connectivity index (χ3v) is 7.90. The summed E-state index contributed by atoms with van der Waals surface area (Å²) in [6.45, 7) is 13.7. The van der Waals surface area contributed by atoms with Crippen molar-refractivity contribution in [3.63, 3.8) is 0 Å². The Bertz CT molecular complexity index is 889. The largest absolute Gasteiger partial charge is 0.504 e. The van der Waals surface area contributed by atoms with Gasteiger partial charge in [0.25, 0.3) is 0 Å². The Morgan fingerprint density at radius 1 is 1.11 bits per heavy atom. The van der Waals surface area contributed by atoms with Gasteiger partial charge in [-0.15, -0.1) is 0 Å². The number of fused-ring (bicyclic) bond motifs is 5. The molecule has 1 saturated carbocycles. The van der Waals surface area contributed by atoms with Crippen molar-refractivity contribution in [3.05, 3.63) is 23.0 Å². The molecule has 4 rings (SSSR count). The van der Waals surface area contributed by atoms with E-state index in [-0.39, 0.29) is 16.9 Å². The maximum absolute atomic E-state index is 10.4. The minimum atomic E-state index is -0.0572. The molecule has 0 saturated heterocycles. The summed E-state index contributed by atoms with van der Waals surface area (Å²) in [5, 5.41) is 21.6. The van der Waals surface area contributed by atoms with Crippen LogP contribution < -0.4 is 0 Å². The highest BCUT2D eigenvalue weighted by molar-refractivity contribution is 5.90. The number of aryl methyl sites for hydroxylation is 1. The zero-order valence-corrected chi connectivity index (χ0v) is 17.6. The van der Waals surface area contributed by atoms with Gasteiger partial charge in [-0.1, -0.05) is 41.0 Å². The van der Waals surface area contributed by atoms with Crippen LogP contribution >= 0.6 is 0 Å². The van der Waals surface area contributed by atoms with Crippen molar-refractivity contribution >= 4 is 11.0 Å².